The van der Waals surface area contributed by atoms with Gasteiger partial charge in [0.25, 0.3) is 0 Å². The number of hydrogen-bond acceptors (Lipinski definition) is 4. The van der Waals surface area contributed by atoms with Crippen molar-refractivity contribution in [3.8, 4) is 0 Å². The molecule has 0 fully saturated rings. The Morgan fingerprint density at radius 1 is 1.35 bits per heavy atom. The minimum Gasteiger partial charge on any atom is -0.334 e. The summed E-state index contributed by atoms with van der Waals surface area (Å²) >= 11 is 1.63. The molecule has 0 aliphatic carbocycles. The Balaban J connectivity index is 2.43. The molecule has 0 unspecified atom stereocenters. The van der Waals surface area contributed by atoms with E-state index < -0.39 is 6.03 Å². The van der Waals surface area contributed by atoms with Crippen LogP contribution in [0.3, 0.4) is 0 Å². The lowest BCUT2D eigenvalue weighted by Crippen LogP contribution is -2.44. The van der Waals surface area contributed by atoms with Gasteiger partial charge < -0.3 is 5.32 Å². The molecule has 0 aromatic carbocycles. The zero-order valence-corrected chi connectivity index (χ0v) is 12.1. The number of nitrogens with one attached hydrogen (secondary N) is 2. The predicted molar refractivity (Wildman–Crippen MR) is 81.5 cm³/mol. The van der Waals surface area contributed by atoms with Crippen molar-refractivity contribution in [2.45, 2.75) is 6.54 Å². The average molecular weight is 293 g/mol. The molecule has 0 spiro atoms. The van der Waals surface area contributed by atoms with E-state index in [1.807, 2.05) is 22.4 Å². The summed E-state index contributed by atoms with van der Waals surface area (Å²) in [6, 6.07) is 3.47. The van der Waals surface area contributed by atoms with E-state index in [1.54, 1.807) is 23.5 Å². The van der Waals surface area contributed by atoms with Gasteiger partial charge in [-0.05, 0) is 11.4 Å². The SMILES string of the molecule is C=CCNC(=O)NC(=O)CN(CC=C)Cc1cccs1. The van der Waals surface area contributed by atoms with Crippen LogP contribution in [0.2, 0.25) is 0 Å². The lowest BCUT2D eigenvalue weighted by Gasteiger charge is -2.19. The van der Waals surface area contributed by atoms with E-state index in [4.69, 9.17) is 0 Å². The summed E-state index contributed by atoms with van der Waals surface area (Å²) in [6.07, 6.45) is 3.28. The number of carbonyl (C=O) groups is 2. The molecule has 6 heteroatoms. The van der Waals surface area contributed by atoms with Gasteiger partial charge in [-0.25, -0.2) is 4.79 Å². The Morgan fingerprint density at radius 2 is 2.15 bits per heavy atom. The molecule has 0 radical (unpaired) electrons. The lowest BCUT2D eigenvalue weighted by atomic mass is 10.3. The number of amides is 3. The first-order valence-corrected chi connectivity index (χ1v) is 7.08. The van der Waals surface area contributed by atoms with Crippen LogP contribution in [0, 0.1) is 0 Å². The van der Waals surface area contributed by atoms with E-state index in [2.05, 4.69) is 23.8 Å². The van der Waals surface area contributed by atoms with Gasteiger partial charge in [0.05, 0.1) is 6.54 Å². The van der Waals surface area contributed by atoms with Gasteiger partial charge in [-0.2, -0.15) is 0 Å². The zero-order valence-electron chi connectivity index (χ0n) is 11.3. The van der Waals surface area contributed by atoms with Gasteiger partial charge in [-0.1, -0.05) is 18.2 Å². The Hall–Kier alpha value is -1.92. The fraction of sp³-hybridized carbons (Fsp3) is 0.286. The molecular formula is C14H19N3O2S. The van der Waals surface area contributed by atoms with Crippen LogP contribution in [0.15, 0.2) is 42.8 Å². The van der Waals surface area contributed by atoms with Crippen LogP contribution < -0.4 is 10.6 Å². The number of rotatable bonds is 8. The molecule has 0 aliphatic rings. The Labute approximate surface area is 123 Å². The number of carbonyl (C=O) groups excluding carboxylic acids is 2. The van der Waals surface area contributed by atoms with Crippen LogP contribution in [-0.2, 0) is 11.3 Å². The van der Waals surface area contributed by atoms with Crippen LogP contribution in [0.1, 0.15) is 4.88 Å². The highest BCUT2D eigenvalue weighted by Crippen LogP contribution is 2.11. The normalized spacial score (nSPS) is 10.1. The van der Waals surface area contributed by atoms with Crippen molar-refractivity contribution in [3.05, 3.63) is 47.7 Å². The third-order valence-corrected chi connectivity index (χ3v) is 3.24. The zero-order chi connectivity index (χ0) is 14.8. The summed E-state index contributed by atoms with van der Waals surface area (Å²) in [4.78, 5) is 26.2. The highest BCUT2D eigenvalue weighted by atomic mass is 32.1. The third kappa shape index (κ3) is 6.31. The molecule has 1 heterocycles. The van der Waals surface area contributed by atoms with E-state index in [0.29, 0.717) is 19.6 Å². The standard InChI is InChI=1S/C14H19N3O2S/c1-3-7-15-14(19)16-13(18)11-17(8-4-2)10-12-6-5-9-20-12/h3-6,9H,1-2,7-8,10-11H2,(H2,15,16,18,19). The third-order valence-electron chi connectivity index (χ3n) is 2.37. The largest absolute Gasteiger partial charge is 0.334 e. The molecule has 0 bridgehead atoms. The molecule has 2 N–H and O–H groups in total. The van der Waals surface area contributed by atoms with Gasteiger partial charge in [-0.15, -0.1) is 24.5 Å². The fourth-order valence-corrected chi connectivity index (χ4v) is 2.31. The molecule has 0 saturated carbocycles. The van der Waals surface area contributed by atoms with E-state index in [-0.39, 0.29) is 12.5 Å². The van der Waals surface area contributed by atoms with Crippen LogP contribution >= 0.6 is 11.3 Å². The smallest absolute Gasteiger partial charge is 0.321 e. The summed E-state index contributed by atoms with van der Waals surface area (Å²) in [7, 11) is 0. The fourth-order valence-electron chi connectivity index (χ4n) is 1.57. The van der Waals surface area contributed by atoms with E-state index >= 15 is 0 Å². The molecule has 1 rings (SSSR count). The first kappa shape index (κ1) is 16.1. The molecule has 108 valence electrons. The summed E-state index contributed by atoms with van der Waals surface area (Å²) in [6.45, 7) is 8.87. The van der Waals surface area contributed by atoms with E-state index in [1.165, 1.54) is 0 Å². The van der Waals surface area contributed by atoms with Crippen molar-refractivity contribution < 1.29 is 9.59 Å². The minimum atomic E-state index is -0.510. The minimum absolute atomic E-state index is 0.144. The second-order valence-electron chi connectivity index (χ2n) is 4.08. The number of nitrogens with zero attached hydrogens (tertiary/aromatic N) is 1. The number of imide groups is 1. The van der Waals surface area contributed by atoms with Crippen LogP contribution in [0.4, 0.5) is 4.79 Å². The van der Waals surface area contributed by atoms with E-state index in [0.717, 1.165) is 4.88 Å². The predicted octanol–water partition coefficient (Wildman–Crippen LogP) is 1.75. The van der Waals surface area contributed by atoms with Crippen molar-refractivity contribution in [1.29, 1.82) is 0 Å². The van der Waals surface area contributed by atoms with Gasteiger partial charge in [0.1, 0.15) is 0 Å². The van der Waals surface area contributed by atoms with Crippen LogP contribution in [-0.4, -0.2) is 36.5 Å². The highest BCUT2D eigenvalue weighted by Gasteiger charge is 2.12. The first-order valence-electron chi connectivity index (χ1n) is 6.20. The Morgan fingerprint density at radius 3 is 2.75 bits per heavy atom. The maximum Gasteiger partial charge on any atom is 0.321 e. The Bertz CT molecular complexity index is 457. The quantitative estimate of drug-likeness (QED) is 0.718. The number of thiophene rings is 1. The summed E-state index contributed by atoms with van der Waals surface area (Å²) < 4.78 is 0. The molecule has 1 aromatic heterocycles. The van der Waals surface area contributed by atoms with Crippen LogP contribution in [0.25, 0.3) is 0 Å². The van der Waals surface area contributed by atoms with Gasteiger partial charge in [-0.3, -0.25) is 15.0 Å². The number of urea groups is 1. The molecule has 0 atom stereocenters. The van der Waals surface area contributed by atoms with Crippen molar-refractivity contribution in [3.63, 3.8) is 0 Å². The molecule has 0 aliphatic heterocycles. The molecule has 5 nitrogen and oxygen atoms in total. The van der Waals surface area contributed by atoms with Crippen molar-refractivity contribution in [1.82, 2.24) is 15.5 Å². The maximum atomic E-state index is 11.8. The molecule has 1 aromatic rings. The molecule has 20 heavy (non-hydrogen) atoms. The second-order valence-corrected chi connectivity index (χ2v) is 5.12. The van der Waals surface area contributed by atoms with Gasteiger partial charge in [0.2, 0.25) is 5.91 Å². The maximum absolute atomic E-state index is 11.8. The summed E-state index contributed by atoms with van der Waals surface area (Å²) in [5.74, 6) is -0.343. The highest BCUT2D eigenvalue weighted by molar-refractivity contribution is 7.09. The topological polar surface area (TPSA) is 61.4 Å². The van der Waals surface area contributed by atoms with Gasteiger partial charge in [0.15, 0.2) is 0 Å². The van der Waals surface area contributed by atoms with Crippen molar-refractivity contribution >= 4 is 23.3 Å². The van der Waals surface area contributed by atoms with Crippen molar-refractivity contribution in [2.75, 3.05) is 19.6 Å². The van der Waals surface area contributed by atoms with E-state index in [9.17, 15) is 9.59 Å². The summed E-state index contributed by atoms with van der Waals surface area (Å²) in [5.41, 5.74) is 0. The Kier molecular flexibility index (Phi) is 7.31. The van der Waals surface area contributed by atoms with Gasteiger partial charge in [0, 0.05) is 24.5 Å². The number of hydrogen-bond donors (Lipinski definition) is 2. The van der Waals surface area contributed by atoms with Crippen LogP contribution in [0.5, 0.6) is 0 Å². The second kappa shape index (κ2) is 9.06. The van der Waals surface area contributed by atoms with Crippen molar-refractivity contribution in [2.24, 2.45) is 0 Å². The monoisotopic (exact) mass is 293 g/mol. The average Bonchev–Trinajstić information content (AvgIpc) is 2.89. The molecular weight excluding hydrogens is 274 g/mol. The first-order chi connectivity index (χ1) is 9.65. The van der Waals surface area contributed by atoms with Gasteiger partial charge >= 0.3 is 6.03 Å². The molecule has 0 saturated heterocycles. The molecule has 3 amide bonds. The lowest BCUT2D eigenvalue weighted by molar-refractivity contribution is -0.121. The summed E-state index contributed by atoms with van der Waals surface area (Å²) in [5, 5.41) is 6.75.